The van der Waals surface area contributed by atoms with E-state index in [0.717, 1.165) is 5.56 Å². The number of ether oxygens (including phenoxy) is 2. The molecule has 0 unspecified atom stereocenters. The first-order valence-corrected chi connectivity index (χ1v) is 8.74. The van der Waals surface area contributed by atoms with Crippen LogP contribution in [0.15, 0.2) is 54.9 Å². The largest absolute Gasteiger partial charge is 0.497 e. The van der Waals surface area contributed by atoms with Crippen LogP contribution in [0.25, 0.3) is 0 Å². The number of methoxy groups -OCH3 is 2. The van der Waals surface area contributed by atoms with Crippen LogP contribution >= 0.6 is 0 Å². The summed E-state index contributed by atoms with van der Waals surface area (Å²) in [4.78, 5) is 17.1. The van der Waals surface area contributed by atoms with Gasteiger partial charge in [0.2, 0.25) is 5.91 Å². The lowest BCUT2D eigenvalue weighted by molar-refractivity contribution is -0.121. The molecule has 0 fully saturated rings. The van der Waals surface area contributed by atoms with Crippen molar-refractivity contribution in [3.63, 3.8) is 0 Å². The Morgan fingerprint density at radius 3 is 2.46 bits per heavy atom. The van der Waals surface area contributed by atoms with Gasteiger partial charge in [0.25, 0.3) is 0 Å². The van der Waals surface area contributed by atoms with Crippen LogP contribution in [0.1, 0.15) is 23.0 Å². The zero-order valence-electron chi connectivity index (χ0n) is 16.0. The molecule has 146 valence electrons. The van der Waals surface area contributed by atoms with E-state index in [1.54, 1.807) is 44.8 Å². The second-order valence-corrected chi connectivity index (χ2v) is 6.35. The Labute approximate surface area is 162 Å². The summed E-state index contributed by atoms with van der Waals surface area (Å²) in [5.41, 5.74) is 1.36. The lowest BCUT2D eigenvalue weighted by Crippen LogP contribution is -2.32. The number of halogens is 1. The molecule has 0 aliphatic heterocycles. The average molecular weight is 383 g/mol. The molecule has 6 nitrogen and oxygen atoms in total. The van der Waals surface area contributed by atoms with Crippen molar-refractivity contribution in [2.75, 3.05) is 14.2 Å². The fraction of sp³-hybridized carbons (Fsp3) is 0.238. The molecule has 1 aromatic heterocycles. The molecule has 0 aliphatic rings. The van der Waals surface area contributed by atoms with Gasteiger partial charge in [0.15, 0.2) is 0 Å². The highest BCUT2D eigenvalue weighted by atomic mass is 19.1. The number of benzene rings is 2. The van der Waals surface area contributed by atoms with Gasteiger partial charge in [-0.25, -0.2) is 9.37 Å². The normalized spacial score (nSPS) is 11.7. The van der Waals surface area contributed by atoms with Gasteiger partial charge in [-0.05, 0) is 35.4 Å². The highest BCUT2D eigenvalue weighted by Gasteiger charge is 2.22. The highest BCUT2D eigenvalue weighted by molar-refractivity contribution is 5.79. The summed E-state index contributed by atoms with van der Waals surface area (Å²) in [5, 5.41) is 2.99. The topological polar surface area (TPSA) is 65.4 Å². The Hall–Kier alpha value is -3.35. The van der Waals surface area contributed by atoms with Gasteiger partial charge in [-0.3, -0.25) is 4.79 Å². The van der Waals surface area contributed by atoms with Crippen molar-refractivity contribution in [3.8, 4) is 11.5 Å². The molecule has 28 heavy (non-hydrogen) atoms. The molecule has 0 saturated carbocycles. The van der Waals surface area contributed by atoms with Crippen LogP contribution in [-0.4, -0.2) is 29.7 Å². The molecule has 1 amide bonds. The number of aromatic nitrogens is 2. The molecular weight excluding hydrogens is 361 g/mol. The van der Waals surface area contributed by atoms with E-state index in [9.17, 15) is 9.18 Å². The summed E-state index contributed by atoms with van der Waals surface area (Å²) in [6.07, 6.45) is 3.52. The van der Waals surface area contributed by atoms with Crippen LogP contribution < -0.4 is 14.8 Å². The summed E-state index contributed by atoms with van der Waals surface area (Å²) < 4.78 is 25.9. The molecule has 7 heteroatoms. The third-order valence-corrected chi connectivity index (χ3v) is 4.38. The first-order chi connectivity index (χ1) is 13.5. The van der Waals surface area contributed by atoms with Crippen molar-refractivity contribution in [1.82, 2.24) is 14.9 Å². The van der Waals surface area contributed by atoms with Crippen molar-refractivity contribution >= 4 is 5.91 Å². The van der Waals surface area contributed by atoms with Gasteiger partial charge in [0, 0.05) is 25.5 Å². The molecule has 0 spiro atoms. The predicted molar refractivity (Wildman–Crippen MR) is 103 cm³/mol. The van der Waals surface area contributed by atoms with E-state index in [1.807, 2.05) is 23.7 Å². The van der Waals surface area contributed by atoms with Crippen molar-refractivity contribution in [1.29, 1.82) is 0 Å². The Balaban J connectivity index is 1.92. The van der Waals surface area contributed by atoms with Crippen molar-refractivity contribution in [3.05, 3.63) is 77.6 Å². The minimum atomic E-state index is -0.523. The van der Waals surface area contributed by atoms with Crippen molar-refractivity contribution < 1.29 is 18.7 Å². The molecule has 3 rings (SSSR count). The van der Waals surface area contributed by atoms with E-state index in [1.165, 1.54) is 12.1 Å². The molecule has 0 saturated heterocycles. The predicted octanol–water partition coefficient (Wildman–Crippen LogP) is 3.02. The average Bonchev–Trinajstić information content (AvgIpc) is 3.11. The Kier molecular flexibility index (Phi) is 5.93. The number of hydrogen-bond acceptors (Lipinski definition) is 4. The first kappa shape index (κ1) is 19.4. The Bertz CT molecular complexity index is 949. The SMILES string of the molecule is COc1cc(OC)cc([C@@H](NC(=O)Cc2cccc(F)c2)c2nccn2C)c1. The second kappa shape index (κ2) is 8.56. The molecular formula is C21H22FN3O3. The molecule has 3 aromatic rings. The quantitative estimate of drug-likeness (QED) is 0.681. The van der Waals surface area contributed by atoms with Crippen LogP contribution in [0.3, 0.4) is 0 Å². The summed E-state index contributed by atoms with van der Waals surface area (Å²) in [5.74, 6) is 1.24. The molecule has 1 heterocycles. The Morgan fingerprint density at radius 2 is 1.89 bits per heavy atom. The van der Waals surface area contributed by atoms with E-state index >= 15 is 0 Å². The molecule has 0 bridgehead atoms. The number of imidazole rings is 1. The number of amides is 1. The van der Waals surface area contributed by atoms with Gasteiger partial charge in [-0.2, -0.15) is 0 Å². The smallest absolute Gasteiger partial charge is 0.225 e. The maximum atomic E-state index is 13.4. The Morgan fingerprint density at radius 1 is 1.18 bits per heavy atom. The van der Waals surface area contributed by atoms with Crippen LogP contribution in [0.4, 0.5) is 4.39 Å². The van der Waals surface area contributed by atoms with Gasteiger partial charge in [0.05, 0.1) is 20.6 Å². The minimum Gasteiger partial charge on any atom is -0.497 e. The number of rotatable bonds is 7. The number of aryl methyl sites for hydroxylation is 1. The van der Waals surface area contributed by atoms with Crippen molar-refractivity contribution in [2.24, 2.45) is 7.05 Å². The van der Waals surface area contributed by atoms with Crippen LogP contribution in [-0.2, 0) is 18.3 Å². The van der Waals surface area contributed by atoms with E-state index in [2.05, 4.69) is 10.3 Å². The maximum Gasteiger partial charge on any atom is 0.225 e. The fourth-order valence-corrected chi connectivity index (χ4v) is 2.99. The lowest BCUT2D eigenvalue weighted by Gasteiger charge is -2.20. The van der Waals surface area contributed by atoms with E-state index < -0.39 is 6.04 Å². The van der Waals surface area contributed by atoms with Gasteiger partial charge in [-0.1, -0.05) is 12.1 Å². The fourth-order valence-electron chi connectivity index (χ4n) is 2.99. The maximum absolute atomic E-state index is 13.4. The lowest BCUT2D eigenvalue weighted by atomic mass is 10.0. The van der Waals surface area contributed by atoms with Gasteiger partial charge >= 0.3 is 0 Å². The number of nitrogens with zero attached hydrogens (tertiary/aromatic N) is 2. The third kappa shape index (κ3) is 4.49. The van der Waals surface area contributed by atoms with E-state index in [-0.39, 0.29) is 18.1 Å². The zero-order valence-corrected chi connectivity index (χ0v) is 16.0. The summed E-state index contributed by atoms with van der Waals surface area (Å²) in [6.45, 7) is 0. The van der Waals surface area contributed by atoms with Crippen LogP contribution in [0, 0.1) is 5.82 Å². The second-order valence-electron chi connectivity index (χ2n) is 6.35. The van der Waals surface area contributed by atoms with Gasteiger partial charge < -0.3 is 19.4 Å². The third-order valence-electron chi connectivity index (χ3n) is 4.38. The standard InChI is InChI=1S/C21H22FN3O3/c1-25-8-7-23-21(25)20(15-11-17(27-2)13-18(12-15)28-3)24-19(26)10-14-5-4-6-16(22)9-14/h4-9,11-13,20H,10H2,1-3H3,(H,24,26)/t20-/m1/s1. The summed E-state index contributed by atoms with van der Waals surface area (Å²) in [7, 11) is 4.99. The summed E-state index contributed by atoms with van der Waals surface area (Å²) >= 11 is 0. The van der Waals surface area contributed by atoms with Crippen LogP contribution in [0.5, 0.6) is 11.5 Å². The van der Waals surface area contributed by atoms with Gasteiger partial charge in [0.1, 0.15) is 29.2 Å². The van der Waals surface area contributed by atoms with E-state index in [0.29, 0.717) is 22.9 Å². The monoisotopic (exact) mass is 383 g/mol. The van der Waals surface area contributed by atoms with Crippen LogP contribution in [0.2, 0.25) is 0 Å². The first-order valence-electron chi connectivity index (χ1n) is 8.74. The summed E-state index contributed by atoms with van der Waals surface area (Å²) in [6, 6.07) is 10.9. The zero-order chi connectivity index (χ0) is 20.1. The molecule has 2 aromatic carbocycles. The van der Waals surface area contributed by atoms with Crippen molar-refractivity contribution in [2.45, 2.75) is 12.5 Å². The minimum absolute atomic E-state index is 0.0553. The number of carbonyl (C=O) groups is 1. The number of nitrogens with one attached hydrogen (secondary N) is 1. The molecule has 0 aliphatic carbocycles. The molecule has 1 N–H and O–H groups in total. The number of carbonyl (C=O) groups excluding carboxylic acids is 1. The molecule has 1 atom stereocenters. The molecule has 0 radical (unpaired) electrons. The van der Waals surface area contributed by atoms with Gasteiger partial charge in [-0.15, -0.1) is 0 Å². The van der Waals surface area contributed by atoms with E-state index in [4.69, 9.17) is 9.47 Å². The number of hydrogen-bond donors (Lipinski definition) is 1. The highest BCUT2D eigenvalue weighted by Crippen LogP contribution is 2.29.